The summed E-state index contributed by atoms with van der Waals surface area (Å²) in [5, 5.41) is 0. The highest BCUT2D eigenvalue weighted by Gasteiger charge is 2.02. The summed E-state index contributed by atoms with van der Waals surface area (Å²) >= 11 is 0. The molecule has 0 atom stereocenters. The topological polar surface area (TPSA) is 0 Å². The fraction of sp³-hybridized carbons (Fsp3) is 0.538. The van der Waals surface area contributed by atoms with Crippen LogP contribution in [0.5, 0.6) is 0 Å². The lowest BCUT2D eigenvalue weighted by molar-refractivity contribution is 0.712. The summed E-state index contributed by atoms with van der Waals surface area (Å²) in [5.74, 6) is 0. The molecule has 0 unspecified atom stereocenters. The summed E-state index contributed by atoms with van der Waals surface area (Å²) in [6.45, 7) is 5.94. The monoisotopic (exact) mass is 176 g/mol. The number of hydrogen-bond acceptors (Lipinski definition) is 0. The van der Waals surface area contributed by atoms with Gasteiger partial charge in [0.25, 0.3) is 0 Å². The fourth-order valence-corrected chi connectivity index (χ4v) is 1.63. The Morgan fingerprint density at radius 3 is 2.77 bits per heavy atom. The first-order valence-corrected chi connectivity index (χ1v) is 5.29. The van der Waals surface area contributed by atoms with Gasteiger partial charge in [-0.2, -0.15) is 0 Å². The summed E-state index contributed by atoms with van der Waals surface area (Å²) in [6.07, 6.45) is 14.2. The molecule has 0 saturated carbocycles. The maximum Gasteiger partial charge on any atom is -0.0280 e. The molecule has 0 heterocycles. The lowest BCUT2D eigenvalue weighted by Crippen LogP contribution is -1.91. The van der Waals surface area contributed by atoms with E-state index in [2.05, 4.69) is 25.7 Å². The van der Waals surface area contributed by atoms with Gasteiger partial charge < -0.3 is 0 Å². The third-order valence-corrected chi connectivity index (χ3v) is 2.60. The molecule has 0 radical (unpaired) electrons. The minimum Gasteiger partial charge on any atom is -0.103 e. The Morgan fingerprint density at radius 1 is 1.31 bits per heavy atom. The minimum atomic E-state index is 1.17. The molecule has 0 aromatic heterocycles. The molecule has 0 aromatic carbocycles. The van der Waals surface area contributed by atoms with Crippen LogP contribution >= 0.6 is 0 Å². The van der Waals surface area contributed by atoms with Crippen LogP contribution in [0.4, 0.5) is 0 Å². The zero-order valence-corrected chi connectivity index (χ0v) is 8.68. The second-order valence-corrected chi connectivity index (χ2v) is 3.87. The van der Waals surface area contributed by atoms with Crippen molar-refractivity contribution in [2.24, 2.45) is 0 Å². The van der Waals surface area contributed by atoms with Crippen molar-refractivity contribution in [2.45, 2.75) is 45.4 Å². The van der Waals surface area contributed by atoms with Crippen molar-refractivity contribution in [1.82, 2.24) is 0 Å². The van der Waals surface area contributed by atoms with Crippen LogP contribution in [0, 0.1) is 0 Å². The maximum absolute atomic E-state index is 3.73. The third kappa shape index (κ3) is 4.12. The summed E-state index contributed by atoms with van der Waals surface area (Å²) < 4.78 is 0. The summed E-state index contributed by atoms with van der Waals surface area (Å²) in [7, 11) is 0. The second-order valence-electron chi connectivity index (χ2n) is 3.87. The van der Waals surface area contributed by atoms with E-state index in [0.29, 0.717) is 0 Å². The van der Waals surface area contributed by atoms with E-state index in [4.69, 9.17) is 0 Å². The average molecular weight is 176 g/mol. The first-order chi connectivity index (χ1) is 6.33. The number of rotatable bonds is 5. The summed E-state index contributed by atoms with van der Waals surface area (Å²) in [4.78, 5) is 0. The van der Waals surface area contributed by atoms with Crippen LogP contribution in [0.1, 0.15) is 45.4 Å². The molecule has 0 heteroatoms. The van der Waals surface area contributed by atoms with Crippen LogP contribution < -0.4 is 0 Å². The van der Waals surface area contributed by atoms with E-state index in [0.717, 1.165) is 0 Å². The Labute approximate surface area is 82.0 Å². The third-order valence-electron chi connectivity index (χ3n) is 2.60. The first kappa shape index (κ1) is 10.3. The number of hydrogen-bond donors (Lipinski definition) is 0. The van der Waals surface area contributed by atoms with E-state index in [9.17, 15) is 0 Å². The van der Waals surface area contributed by atoms with E-state index < -0.39 is 0 Å². The van der Waals surface area contributed by atoms with Gasteiger partial charge >= 0.3 is 0 Å². The van der Waals surface area contributed by atoms with Crippen molar-refractivity contribution in [2.75, 3.05) is 0 Å². The summed E-state index contributed by atoms with van der Waals surface area (Å²) in [5.41, 5.74) is 3.16. The van der Waals surface area contributed by atoms with Crippen molar-refractivity contribution >= 4 is 0 Å². The van der Waals surface area contributed by atoms with Crippen molar-refractivity contribution < 1.29 is 0 Å². The van der Waals surface area contributed by atoms with E-state index in [1.807, 2.05) is 6.08 Å². The SMILES string of the molecule is C=CCCCCC1=CC=C(C)CC1. The van der Waals surface area contributed by atoms with Crippen molar-refractivity contribution in [1.29, 1.82) is 0 Å². The van der Waals surface area contributed by atoms with Gasteiger partial charge in [0.2, 0.25) is 0 Å². The van der Waals surface area contributed by atoms with Crippen LogP contribution in [0.15, 0.2) is 36.0 Å². The molecule has 0 saturated heterocycles. The molecule has 1 aliphatic rings. The highest BCUT2D eigenvalue weighted by molar-refractivity contribution is 5.22. The first-order valence-electron chi connectivity index (χ1n) is 5.29. The van der Waals surface area contributed by atoms with Gasteiger partial charge in [-0.25, -0.2) is 0 Å². The zero-order chi connectivity index (χ0) is 9.52. The molecule has 0 nitrogen and oxygen atoms in total. The number of allylic oxidation sites excluding steroid dienone is 5. The standard InChI is InChI=1S/C13H20/c1-3-4-5-6-7-13-10-8-12(2)9-11-13/h3,8,10H,1,4-7,9,11H2,2H3. The smallest absolute Gasteiger partial charge is 0.0280 e. The van der Waals surface area contributed by atoms with E-state index in [1.54, 1.807) is 5.57 Å². The van der Waals surface area contributed by atoms with Gasteiger partial charge in [-0.05, 0) is 45.4 Å². The Hall–Kier alpha value is -0.780. The Kier molecular flexibility index (Phi) is 4.59. The number of unbranched alkanes of at least 4 members (excludes halogenated alkanes) is 2. The van der Waals surface area contributed by atoms with Crippen LogP contribution in [0.3, 0.4) is 0 Å². The lowest BCUT2D eigenvalue weighted by atomic mass is 9.95. The van der Waals surface area contributed by atoms with Crippen molar-refractivity contribution in [3.05, 3.63) is 36.0 Å². The molecule has 1 rings (SSSR count). The highest BCUT2D eigenvalue weighted by Crippen LogP contribution is 2.22. The van der Waals surface area contributed by atoms with Gasteiger partial charge in [-0.1, -0.05) is 29.4 Å². The molecule has 13 heavy (non-hydrogen) atoms. The Bertz CT molecular complexity index is 218. The van der Waals surface area contributed by atoms with E-state index >= 15 is 0 Å². The highest BCUT2D eigenvalue weighted by atomic mass is 14.1. The maximum atomic E-state index is 3.73. The van der Waals surface area contributed by atoms with Gasteiger partial charge in [-0.15, -0.1) is 6.58 Å². The molecular weight excluding hydrogens is 156 g/mol. The predicted octanol–water partition coefficient (Wildman–Crippen LogP) is 4.40. The van der Waals surface area contributed by atoms with Crippen LogP contribution in [0.2, 0.25) is 0 Å². The van der Waals surface area contributed by atoms with Gasteiger partial charge in [0.1, 0.15) is 0 Å². The average Bonchev–Trinajstić information content (AvgIpc) is 2.15. The molecule has 0 amide bonds. The Morgan fingerprint density at radius 2 is 2.15 bits per heavy atom. The Balaban J connectivity index is 2.18. The lowest BCUT2D eigenvalue weighted by Gasteiger charge is -2.11. The predicted molar refractivity (Wildman–Crippen MR) is 59.7 cm³/mol. The fourth-order valence-electron chi connectivity index (χ4n) is 1.63. The van der Waals surface area contributed by atoms with Gasteiger partial charge in [0, 0.05) is 0 Å². The molecule has 0 fully saturated rings. The van der Waals surface area contributed by atoms with E-state index in [-0.39, 0.29) is 0 Å². The minimum absolute atomic E-state index is 1.17. The normalized spacial score (nSPS) is 16.4. The van der Waals surface area contributed by atoms with Crippen molar-refractivity contribution in [3.8, 4) is 0 Å². The molecule has 0 spiro atoms. The van der Waals surface area contributed by atoms with Crippen molar-refractivity contribution in [3.63, 3.8) is 0 Å². The summed E-state index contributed by atoms with van der Waals surface area (Å²) in [6, 6.07) is 0. The molecule has 0 bridgehead atoms. The molecule has 0 N–H and O–H groups in total. The second kappa shape index (κ2) is 5.80. The molecular formula is C13H20. The molecule has 72 valence electrons. The molecule has 0 aromatic rings. The van der Waals surface area contributed by atoms with Crippen LogP contribution in [-0.2, 0) is 0 Å². The van der Waals surface area contributed by atoms with Gasteiger partial charge in [0.05, 0.1) is 0 Å². The van der Waals surface area contributed by atoms with Gasteiger partial charge in [-0.3, -0.25) is 0 Å². The van der Waals surface area contributed by atoms with Crippen LogP contribution in [-0.4, -0.2) is 0 Å². The largest absolute Gasteiger partial charge is 0.103 e. The molecule has 1 aliphatic carbocycles. The van der Waals surface area contributed by atoms with Gasteiger partial charge in [0.15, 0.2) is 0 Å². The van der Waals surface area contributed by atoms with E-state index in [1.165, 1.54) is 44.1 Å². The van der Waals surface area contributed by atoms with Crippen LogP contribution in [0.25, 0.3) is 0 Å². The molecule has 0 aliphatic heterocycles. The quantitative estimate of drug-likeness (QED) is 0.430. The zero-order valence-electron chi connectivity index (χ0n) is 8.68.